The molecule has 13 heteroatoms. The van der Waals surface area contributed by atoms with E-state index in [2.05, 4.69) is 10.4 Å². The number of hydrogen-bond acceptors (Lipinski definition) is 7. The van der Waals surface area contributed by atoms with E-state index in [4.69, 9.17) is 45.4 Å². The van der Waals surface area contributed by atoms with Crippen molar-refractivity contribution in [3.8, 4) is 5.75 Å². The van der Waals surface area contributed by atoms with E-state index in [9.17, 15) is 19.5 Å². The molecule has 0 saturated carbocycles. The van der Waals surface area contributed by atoms with Crippen LogP contribution in [0.15, 0.2) is 71.7 Å². The number of aliphatic carboxylic acids is 1. The van der Waals surface area contributed by atoms with Crippen molar-refractivity contribution in [1.29, 1.82) is 0 Å². The number of nitrogens with one attached hydrogen (secondary N) is 1. The molecule has 0 aliphatic heterocycles. The van der Waals surface area contributed by atoms with Gasteiger partial charge in [0.15, 0.2) is 5.75 Å². The topological polar surface area (TPSA) is 186 Å². The molecule has 0 saturated heterocycles. The van der Waals surface area contributed by atoms with Crippen molar-refractivity contribution in [3.05, 3.63) is 93.5 Å². The van der Waals surface area contributed by atoms with Crippen LogP contribution in [0.2, 0.25) is 10.0 Å². The van der Waals surface area contributed by atoms with Gasteiger partial charge in [-0.25, -0.2) is 26.3 Å². The van der Waals surface area contributed by atoms with Crippen molar-refractivity contribution in [2.45, 2.75) is 18.9 Å². The lowest BCUT2D eigenvalue weighted by atomic mass is 10.0. The molecule has 0 radical (unpaired) electrons. The molecular formula is C25H24Cl2N6O5. The SMILES string of the molecule is NNC(N)=Nc1ccc(C(=O)Oc2ccc(CC(=O)N(N)[C@@H](Cc3ccccc3)C(=O)O)c(Cl)c2Cl)cc1. The number of carbonyl (C=O) groups excluding carboxylic acids is 2. The Labute approximate surface area is 227 Å². The Kier molecular flexibility index (Phi) is 9.63. The number of guanidine groups is 1. The smallest absolute Gasteiger partial charge is 0.343 e. The minimum Gasteiger partial charge on any atom is -0.480 e. The van der Waals surface area contributed by atoms with Gasteiger partial charge in [0.1, 0.15) is 11.1 Å². The second kappa shape index (κ2) is 12.9. The molecule has 3 aromatic rings. The molecule has 198 valence electrons. The fourth-order valence-corrected chi connectivity index (χ4v) is 3.81. The Balaban J connectivity index is 1.70. The molecule has 1 amide bonds. The van der Waals surface area contributed by atoms with Crippen molar-refractivity contribution < 1.29 is 24.2 Å². The van der Waals surface area contributed by atoms with Crippen LogP contribution >= 0.6 is 23.2 Å². The fourth-order valence-electron chi connectivity index (χ4n) is 3.36. The lowest BCUT2D eigenvalue weighted by Gasteiger charge is -2.24. The van der Waals surface area contributed by atoms with Gasteiger partial charge < -0.3 is 15.6 Å². The number of rotatable bonds is 9. The molecule has 0 heterocycles. The monoisotopic (exact) mass is 558 g/mol. The summed E-state index contributed by atoms with van der Waals surface area (Å²) in [5, 5.41) is 10.1. The number of nitrogens with zero attached hydrogens (tertiary/aromatic N) is 2. The number of esters is 1. The molecule has 1 atom stereocenters. The summed E-state index contributed by atoms with van der Waals surface area (Å²) < 4.78 is 5.35. The number of halogens is 2. The van der Waals surface area contributed by atoms with Crippen LogP contribution in [0.4, 0.5) is 5.69 Å². The number of carboxylic acid groups (broad SMARTS) is 1. The van der Waals surface area contributed by atoms with E-state index < -0.39 is 23.9 Å². The Bertz CT molecular complexity index is 1350. The normalized spacial score (nSPS) is 11.9. The molecule has 11 nitrogen and oxygen atoms in total. The third kappa shape index (κ3) is 7.20. The first-order valence-corrected chi connectivity index (χ1v) is 11.8. The highest BCUT2D eigenvalue weighted by atomic mass is 35.5. The van der Waals surface area contributed by atoms with Crippen LogP contribution < -0.4 is 27.6 Å². The molecular weight excluding hydrogens is 535 g/mol. The predicted octanol–water partition coefficient (Wildman–Crippen LogP) is 2.56. The molecule has 0 fully saturated rings. The van der Waals surface area contributed by atoms with Gasteiger partial charge in [0.25, 0.3) is 0 Å². The zero-order chi connectivity index (χ0) is 27.8. The maximum Gasteiger partial charge on any atom is 0.343 e. The summed E-state index contributed by atoms with van der Waals surface area (Å²) in [5.41, 5.74) is 9.31. The molecule has 3 rings (SSSR count). The molecule has 0 spiro atoms. The summed E-state index contributed by atoms with van der Waals surface area (Å²) >= 11 is 12.6. The minimum absolute atomic E-state index is 0.00671. The number of carboxylic acids is 1. The number of benzene rings is 3. The second-order valence-corrected chi connectivity index (χ2v) is 8.71. The highest BCUT2D eigenvalue weighted by Gasteiger charge is 2.28. The van der Waals surface area contributed by atoms with Crippen molar-refractivity contribution in [2.24, 2.45) is 22.4 Å². The number of hydrogen-bond donors (Lipinski definition) is 5. The van der Waals surface area contributed by atoms with Crippen LogP contribution in [0.25, 0.3) is 0 Å². The highest BCUT2D eigenvalue weighted by Crippen LogP contribution is 2.35. The number of hydrazine groups is 2. The molecule has 0 aromatic heterocycles. The average Bonchev–Trinajstić information content (AvgIpc) is 2.91. The first-order chi connectivity index (χ1) is 18.1. The van der Waals surface area contributed by atoms with Gasteiger partial charge in [-0.05, 0) is 41.5 Å². The molecule has 8 N–H and O–H groups in total. The van der Waals surface area contributed by atoms with Crippen LogP contribution in [0.1, 0.15) is 21.5 Å². The number of ether oxygens (including phenoxy) is 1. The third-order valence-corrected chi connectivity index (χ3v) is 6.26. The Morgan fingerprint density at radius 2 is 1.66 bits per heavy atom. The minimum atomic E-state index is -1.29. The number of nitrogens with two attached hydrogens (primary N) is 3. The van der Waals surface area contributed by atoms with Crippen molar-refractivity contribution in [2.75, 3.05) is 0 Å². The Hall–Kier alpha value is -4.16. The maximum absolute atomic E-state index is 12.8. The predicted molar refractivity (Wildman–Crippen MR) is 143 cm³/mol. The summed E-state index contributed by atoms with van der Waals surface area (Å²) in [7, 11) is 0. The van der Waals surface area contributed by atoms with Crippen LogP contribution in [0.5, 0.6) is 5.75 Å². The molecule has 3 aromatic carbocycles. The summed E-state index contributed by atoms with van der Waals surface area (Å²) in [4.78, 5) is 41.1. The Morgan fingerprint density at radius 1 is 1.00 bits per heavy atom. The van der Waals surface area contributed by atoms with E-state index in [1.807, 2.05) is 0 Å². The zero-order valence-electron chi connectivity index (χ0n) is 19.8. The van der Waals surface area contributed by atoms with E-state index in [0.717, 1.165) is 0 Å². The molecule has 0 bridgehead atoms. The largest absolute Gasteiger partial charge is 0.480 e. The first kappa shape index (κ1) is 28.4. The van der Waals surface area contributed by atoms with Gasteiger partial charge >= 0.3 is 11.9 Å². The summed E-state index contributed by atoms with van der Waals surface area (Å²) in [6.45, 7) is 0. The van der Waals surface area contributed by atoms with E-state index in [1.54, 1.807) is 30.3 Å². The Morgan fingerprint density at radius 3 is 2.26 bits per heavy atom. The standard InChI is InChI=1S/C25H24Cl2N6O5/c26-21-16(13-20(34)33(30)18(23(35)36)12-14-4-2-1-3-5-14)8-11-19(22(21)27)38-24(37)15-6-9-17(10-7-15)31-25(28)32-29/h1-11,18H,12-13,29-30H2,(H,35,36)(H3,28,31,32)/t18-/m0/s1. The molecule has 0 unspecified atom stereocenters. The number of amides is 1. The van der Waals surface area contributed by atoms with Gasteiger partial charge in [0.2, 0.25) is 11.9 Å². The van der Waals surface area contributed by atoms with E-state index in [-0.39, 0.29) is 45.7 Å². The first-order valence-electron chi connectivity index (χ1n) is 11.0. The fraction of sp³-hybridized carbons (Fsp3) is 0.120. The van der Waals surface area contributed by atoms with Gasteiger partial charge in [0, 0.05) is 6.42 Å². The average molecular weight is 559 g/mol. The second-order valence-electron chi connectivity index (χ2n) is 7.95. The van der Waals surface area contributed by atoms with Gasteiger partial charge in [0.05, 0.1) is 22.7 Å². The quantitative estimate of drug-likeness (QED) is 0.0500. The van der Waals surface area contributed by atoms with E-state index >= 15 is 0 Å². The summed E-state index contributed by atoms with van der Waals surface area (Å²) in [5.74, 6) is 8.34. The van der Waals surface area contributed by atoms with Crippen LogP contribution in [0.3, 0.4) is 0 Å². The van der Waals surface area contributed by atoms with E-state index in [0.29, 0.717) is 16.3 Å². The number of carbonyl (C=O) groups is 3. The van der Waals surface area contributed by atoms with Gasteiger partial charge in [-0.1, -0.05) is 59.6 Å². The zero-order valence-corrected chi connectivity index (χ0v) is 21.3. The lowest BCUT2D eigenvalue weighted by Crippen LogP contribution is -2.51. The highest BCUT2D eigenvalue weighted by molar-refractivity contribution is 6.43. The lowest BCUT2D eigenvalue weighted by molar-refractivity contribution is -0.150. The maximum atomic E-state index is 12.8. The third-order valence-electron chi connectivity index (χ3n) is 5.35. The van der Waals surface area contributed by atoms with Crippen LogP contribution in [-0.4, -0.2) is 40.0 Å². The van der Waals surface area contributed by atoms with Gasteiger partial charge in [-0.15, -0.1) is 0 Å². The van der Waals surface area contributed by atoms with Crippen molar-refractivity contribution >= 4 is 52.7 Å². The summed E-state index contributed by atoms with van der Waals surface area (Å²) in [6.07, 6.45) is -0.309. The van der Waals surface area contributed by atoms with Gasteiger partial charge in [-0.3, -0.25) is 15.2 Å². The van der Waals surface area contributed by atoms with E-state index in [1.165, 1.54) is 36.4 Å². The summed E-state index contributed by atoms with van der Waals surface area (Å²) in [6, 6.07) is 16.3. The van der Waals surface area contributed by atoms with Crippen LogP contribution in [0, 0.1) is 0 Å². The van der Waals surface area contributed by atoms with Crippen LogP contribution in [-0.2, 0) is 22.4 Å². The molecule has 0 aliphatic carbocycles. The van der Waals surface area contributed by atoms with Gasteiger partial charge in [-0.2, -0.15) is 0 Å². The van der Waals surface area contributed by atoms with Crippen molar-refractivity contribution in [1.82, 2.24) is 10.4 Å². The van der Waals surface area contributed by atoms with Crippen molar-refractivity contribution in [3.63, 3.8) is 0 Å². The molecule has 38 heavy (non-hydrogen) atoms. The number of aliphatic imine (C=N–C) groups is 1. The molecule has 0 aliphatic rings.